The summed E-state index contributed by atoms with van der Waals surface area (Å²) in [6.07, 6.45) is 8.33. The van der Waals surface area contributed by atoms with E-state index in [0.717, 1.165) is 55.2 Å². The number of pyridine rings is 1. The number of carbonyl (C=O) groups excluding carboxylic acids is 2. The molecule has 0 N–H and O–H groups in total. The summed E-state index contributed by atoms with van der Waals surface area (Å²) in [4.78, 5) is 30.7. The van der Waals surface area contributed by atoms with E-state index in [2.05, 4.69) is 4.98 Å². The van der Waals surface area contributed by atoms with Crippen molar-refractivity contribution in [3.05, 3.63) is 48.2 Å². The number of likely N-dealkylation sites (tertiary alicyclic amines) is 1. The number of amides is 1. The van der Waals surface area contributed by atoms with Crippen molar-refractivity contribution in [3.63, 3.8) is 0 Å². The number of aromatic nitrogens is 1. The maximum atomic E-state index is 12.5. The van der Waals surface area contributed by atoms with Crippen LogP contribution in [0.3, 0.4) is 0 Å². The highest BCUT2D eigenvalue weighted by atomic mass is 16.5. The number of carbonyl (C=O) groups is 2. The minimum Gasteiger partial charge on any atom is -0.449 e. The number of fused-ring (bicyclic) bond motifs is 1. The van der Waals surface area contributed by atoms with Gasteiger partial charge in [-0.1, -0.05) is 37.1 Å². The van der Waals surface area contributed by atoms with E-state index in [1.807, 2.05) is 35.2 Å². The predicted molar refractivity (Wildman–Crippen MR) is 101 cm³/mol. The average Bonchev–Trinajstić information content (AvgIpc) is 2.95. The predicted octanol–water partition coefficient (Wildman–Crippen LogP) is 3.58. The molecule has 3 rings (SSSR count). The molecule has 1 aromatic carbocycles. The van der Waals surface area contributed by atoms with Crippen molar-refractivity contribution in [2.45, 2.75) is 38.7 Å². The molecule has 0 radical (unpaired) electrons. The van der Waals surface area contributed by atoms with Gasteiger partial charge in [0.25, 0.3) is 5.91 Å². The highest BCUT2D eigenvalue weighted by Crippen LogP contribution is 2.17. The van der Waals surface area contributed by atoms with Crippen LogP contribution in [-0.4, -0.2) is 41.0 Å². The van der Waals surface area contributed by atoms with Crippen LogP contribution in [0.5, 0.6) is 0 Å². The maximum absolute atomic E-state index is 12.5. The number of ether oxygens (including phenoxy) is 1. The summed E-state index contributed by atoms with van der Waals surface area (Å²) >= 11 is 0. The van der Waals surface area contributed by atoms with Gasteiger partial charge in [-0.2, -0.15) is 0 Å². The molecular weight excluding hydrogens is 328 g/mol. The molecule has 1 amide bonds. The Hall–Kier alpha value is -2.69. The summed E-state index contributed by atoms with van der Waals surface area (Å²) in [5.74, 6) is -0.630. The first-order valence-corrected chi connectivity index (χ1v) is 9.16. The van der Waals surface area contributed by atoms with Crippen LogP contribution in [0.2, 0.25) is 0 Å². The Balaban J connectivity index is 1.62. The van der Waals surface area contributed by atoms with Gasteiger partial charge in [0.1, 0.15) is 0 Å². The third-order valence-corrected chi connectivity index (χ3v) is 4.62. The average molecular weight is 352 g/mol. The monoisotopic (exact) mass is 352 g/mol. The minimum atomic E-state index is -0.768. The van der Waals surface area contributed by atoms with Gasteiger partial charge in [0.2, 0.25) is 0 Å². The maximum Gasteiger partial charge on any atom is 0.331 e. The van der Waals surface area contributed by atoms with Gasteiger partial charge in [0, 0.05) is 36.3 Å². The molecular formula is C21H24N2O3. The molecule has 1 aromatic heterocycles. The second kappa shape index (κ2) is 8.61. The summed E-state index contributed by atoms with van der Waals surface area (Å²) in [6, 6.07) is 9.63. The van der Waals surface area contributed by atoms with Crippen LogP contribution in [0.15, 0.2) is 42.6 Å². The zero-order chi connectivity index (χ0) is 18.4. The van der Waals surface area contributed by atoms with Crippen molar-refractivity contribution in [3.8, 4) is 0 Å². The summed E-state index contributed by atoms with van der Waals surface area (Å²) in [6.45, 7) is 3.13. The van der Waals surface area contributed by atoms with Gasteiger partial charge >= 0.3 is 5.97 Å². The highest BCUT2D eigenvalue weighted by molar-refractivity contribution is 5.94. The summed E-state index contributed by atoms with van der Waals surface area (Å²) in [5.41, 5.74) is 1.67. The van der Waals surface area contributed by atoms with Crippen molar-refractivity contribution in [2.75, 3.05) is 13.1 Å². The van der Waals surface area contributed by atoms with E-state index >= 15 is 0 Å². The lowest BCUT2D eigenvalue weighted by molar-refractivity contribution is -0.155. The molecule has 0 aliphatic carbocycles. The van der Waals surface area contributed by atoms with E-state index < -0.39 is 12.1 Å². The van der Waals surface area contributed by atoms with Crippen LogP contribution < -0.4 is 0 Å². The molecule has 0 bridgehead atoms. The zero-order valence-corrected chi connectivity index (χ0v) is 15.1. The normalized spacial score (nSPS) is 16.4. The summed E-state index contributed by atoms with van der Waals surface area (Å²) in [5, 5.41) is 1.01. The van der Waals surface area contributed by atoms with E-state index in [-0.39, 0.29) is 5.91 Å². The van der Waals surface area contributed by atoms with E-state index in [9.17, 15) is 9.59 Å². The molecule has 1 saturated heterocycles. The highest BCUT2D eigenvalue weighted by Gasteiger charge is 2.23. The van der Waals surface area contributed by atoms with Gasteiger partial charge in [-0.15, -0.1) is 0 Å². The largest absolute Gasteiger partial charge is 0.449 e. The van der Waals surface area contributed by atoms with Crippen LogP contribution in [0.1, 0.15) is 38.2 Å². The molecule has 1 unspecified atom stereocenters. The Morgan fingerprint density at radius 1 is 1.12 bits per heavy atom. The standard InChI is InChI=1S/C21H24N2O3/c1-16(21(25)23-14-4-2-3-5-15-23)26-19(24)12-11-18-9-6-8-17-10-7-13-22-20(17)18/h6-13,16H,2-5,14-15H2,1H3/b12-11+. The number of hydrogen-bond donors (Lipinski definition) is 0. The first-order valence-electron chi connectivity index (χ1n) is 9.16. The molecule has 1 aliphatic heterocycles. The second-order valence-corrected chi connectivity index (χ2v) is 6.57. The molecule has 0 saturated carbocycles. The van der Waals surface area contributed by atoms with Crippen LogP contribution in [0, 0.1) is 0 Å². The topological polar surface area (TPSA) is 59.5 Å². The fourth-order valence-corrected chi connectivity index (χ4v) is 3.23. The van der Waals surface area contributed by atoms with Gasteiger partial charge in [0.05, 0.1) is 5.52 Å². The lowest BCUT2D eigenvalue weighted by atomic mass is 10.1. The summed E-state index contributed by atoms with van der Waals surface area (Å²) in [7, 11) is 0. The van der Waals surface area contributed by atoms with E-state index in [4.69, 9.17) is 4.74 Å². The van der Waals surface area contributed by atoms with E-state index in [1.54, 1.807) is 19.2 Å². The van der Waals surface area contributed by atoms with E-state index in [0.29, 0.717) is 0 Å². The van der Waals surface area contributed by atoms with Crippen molar-refractivity contribution in [2.24, 2.45) is 0 Å². The van der Waals surface area contributed by atoms with Gasteiger partial charge in [-0.3, -0.25) is 9.78 Å². The SMILES string of the molecule is CC(OC(=O)/C=C/c1cccc2cccnc12)C(=O)N1CCCCCC1. The number of rotatable bonds is 4. The quantitative estimate of drug-likeness (QED) is 0.623. The molecule has 0 spiro atoms. The van der Waals surface area contributed by atoms with Gasteiger partial charge in [0.15, 0.2) is 6.10 Å². The second-order valence-electron chi connectivity index (χ2n) is 6.57. The van der Waals surface area contributed by atoms with E-state index in [1.165, 1.54) is 6.08 Å². The Morgan fingerprint density at radius 2 is 1.85 bits per heavy atom. The molecule has 1 fully saturated rings. The number of hydrogen-bond acceptors (Lipinski definition) is 4. The molecule has 1 atom stereocenters. The van der Waals surface area contributed by atoms with Crippen LogP contribution in [-0.2, 0) is 14.3 Å². The zero-order valence-electron chi connectivity index (χ0n) is 15.1. The Morgan fingerprint density at radius 3 is 2.62 bits per heavy atom. The van der Waals surface area contributed by atoms with Crippen molar-refractivity contribution >= 4 is 28.9 Å². The van der Waals surface area contributed by atoms with Gasteiger partial charge < -0.3 is 9.64 Å². The van der Waals surface area contributed by atoms with Crippen LogP contribution in [0.4, 0.5) is 0 Å². The molecule has 1 aliphatic rings. The minimum absolute atomic E-state index is 0.111. The fourth-order valence-electron chi connectivity index (χ4n) is 3.23. The summed E-state index contributed by atoms with van der Waals surface area (Å²) < 4.78 is 5.30. The third kappa shape index (κ3) is 4.48. The van der Waals surface area contributed by atoms with Crippen molar-refractivity contribution < 1.29 is 14.3 Å². The first-order chi connectivity index (χ1) is 12.6. The number of para-hydroxylation sites is 1. The molecule has 5 heteroatoms. The first kappa shape index (κ1) is 18.1. The lowest BCUT2D eigenvalue weighted by Gasteiger charge is -2.23. The Kier molecular flexibility index (Phi) is 6.00. The number of esters is 1. The van der Waals surface area contributed by atoms with Gasteiger partial charge in [-0.25, -0.2) is 4.79 Å². The van der Waals surface area contributed by atoms with Gasteiger partial charge in [-0.05, 0) is 31.9 Å². The molecule has 2 aromatic rings. The van der Waals surface area contributed by atoms with Crippen molar-refractivity contribution in [1.82, 2.24) is 9.88 Å². The van der Waals surface area contributed by atoms with Crippen LogP contribution >= 0.6 is 0 Å². The third-order valence-electron chi connectivity index (χ3n) is 4.62. The Bertz CT molecular complexity index is 803. The van der Waals surface area contributed by atoms with Crippen molar-refractivity contribution in [1.29, 1.82) is 0 Å². The fraction of sp³-hybridized carbons (Fsp3) is 0.381. The Labute approximate surface area is 153 Å². The molecule has 26 heavy (non-hydrogen) atoms. The lowest BCUT2D eigenvalue weighted by Crippen LogP contribution is -2.40. The van der Waals surface area contributed by atoms with Crippen LogP contribution in [0.25, 0.3) is 17.0 Å². The smallest absolute Gasteiger partial charge is 0.331 e. The molecule has 2 heterocycles. The molecule has 5 nitrogen and oxygen atoms in total. The number of benzene rings is 1. The number of nitrogens with zero attached hydrogens (tertiary/aromatic N) is 2. The molecule has 136 valence electrons.